The molecular weight excluding hydrogens is 745 g/mol. The average molecular weight is 849 g/mol. The molecule has 1 atom stereocenters. The van der Waals surface area contributed by atoms with E-state index in [0.29, 0.717) is 19.3 Å². The van der Waals surface area contributed by atoms with E-state index in [9.17, 15) is 14.4 Å². The van der Waals surface area contributed by atoms with Gasteiger partial charge in [0.2, 0.25) is 0 Å². The zero-order valence-electron chi connectivity index (χ0n) is 41.1. The standard InChI is InChI=1S/C54H104O6/c1-6-7-8-9-10-11-17-24-29-34-39-44-52(55)58-47-51(48-59-53(56)45-40-35-30-25-20-16-15-19-23-28-33-38-43-50(4)5)60-54(57)46-41-36-31-26-21-14-12-13-18-22-27-32-37-42-49(2)3/h49-51H,6-48H2,1-5H3/t51-/m0/s1. The van der Waals surface area contributed by atoms with Gasteiger partial charge in [-0.05, 0) is 31.1 Å². The van der Waals surface area contributed by atoms with Gasteiger partial charge < -0.3 is 14.2 Å². The van der Waals surface area contributed by atoms with E-state index in [1.54, 1.807) is 0 Å². The van der Waals surface area contributed by atoms with Crippen LogP contribution in [0.15, 0.2) is 0 Å². The monoisotopic (exact) mass is 849 g/mol. The van der Waals surface area contributed by atoms with E-state index < -0.39 is 6.10 Å². The van der Waals surface area contributed by atoms with E-state index in [1.807, 2.05) is 0 Å². The highest BCUT2D eigenvalue weighted by Crippen LogP contribution is 2.18. The second kappa shape index (κ2) is 46.9. The number of esters is 3. The molecule has 0 radical (unpaired) electrons. The van der Waals surface area contributed by atoms with Crippen LogP contribution in [0.1, 0.15) is 298 Å². The van der Waals surface area contributed by atoms with Crippen LogP contribution in [-0.4, -0.2) is 37.2 Å². The van der Waals surface area contributed by atoms with Gasteiger partial charge in [-0.2, -0.15) is 0 Å². The molecule has 0 amide bonds. The van der Waals surface area contributed by atoms with E-state index in [-0.39, 0.29) is 31.1 Å². The lowest BCUT2D eigenvalue weighted by atomic mass is 10.0. The summed E-state index contributed by atoms with van der Waals surface area (Å²) in [6.07, 6.45) is 48.0. The van der Waals surface area contributed by atoms with Crippen LogP contribution in [0, 0.1) is 11.8 Å². The summed E-state index contributed by atoms with van der Waals surface area (Å²) in [5.41, 5.74) is 0. The van der Waals surface area contributed by atoms with Gasteiger partial charge in [0.1, 0.15) is 13.2 Å². The molecule has 0 aromatic heterocycles. The van der Waals surface area contributed by atoms with Gasteiger partial charge in [0.25, 0.3) is 0 Å². The van der Waals surface area contributed by atoms with E-state index in [4.69, 9.17) is 14.2 Å². The second-order valence-electron chi connectivity index (χ2n) is 19.5. The first-order valence-corrected chi connectivity index (χ1v) is 26.7. The predicted molar refractivity (Wildman–Crippen MR) is 256 cm³/mol. The number of rotatable bonds is 48. The third-order valence-electron chi connectivity index (χ3n) is 12.2. The number of carbonyl (C=O) groups is 3. The average Bonchev–Trinajstić information content (AvgIpc) is 3.22. The fourth-order valence-corrected chi connectivity index (χ4v) is 8.17. The van der Waals surface area contributed by atoms with Crippen molar-refractivity contribution in [3.8, 4) is 0 Å². The molecule has 0 aromatic carbocycles. The van der Waals surface area contributed by atoms with Crippen LogP contribution >= 0.6 is 0 Å². The van der Waals surface area contributed by atoms with Gasteiger partial charge in [0.05, 0.1) is 0 Å². The van der Waals surface area contributed by atoms with Crippen LogP contribution in [0.5, 0.6) is 0 Å². The van der Waals surface area contributed by atoms with E-state index in [1.165, 1.54) is 186 Å². The van der Waals surface area contributed by atoms with Gasteiger partial charge in [0.15, 0.2) is 6.10 Å². The lowest BCUT2D eigenvalue weighted by molar-refractivity contribution is -0.167. The zero-order chi connectivity index (χ0) is 44.0. The molecule has 0 aliphatic heterocycles. The van der Waals surface area contributed by atoms with Gasteiger partial charge in [-0.25, -0.2) is 0 Å². The van der Waals surface area contributed by atoms with E-state index >= 15 is 0 Å². The number of carbonyl (C=O) groups excluding carboxylic acids is 3. The zero-order valence-corrected chi connectivity index (χ0v) is 41.1. The third-order valence-corrected chi connectivity index (χ3v) is 12.2. The van der Waals surface area contributed by atoms with Crippen molar-refractivity contribution in [1.82, 2.24) is 0 Å². The Morgan fingerprint density at radius 2 is 0.550 bits per heavy atom. The minimum atomic E-state index is -0.761. The molecule has 0 N–H and O–H groups in total. The summed E-state index contributed by atoms with van der Waals surface area (Å²) in [5.74, 6) is 0.827. The van der Waals surface area contributed by atoms with Crippen LogP contribution in [0.25, 0.3) is 0 Å². The first-order chi connectivity index (χ1) is 29.2. The molecule has 6 heteroatoms. The maximum atomic E-state index is 12.8. The summed E-state index contributed by atoms with van der Waals surface area (Å²) in [4.78, 5) is 38.0. The van der Waals surface area contributed by atoms with Crippen molar-refractivity contribution < 1.29 is 28.6 Å². The Morgan fingerprint density at radius 1 is 0.317 bits per heavy atom. The van der Waals surface area contributed by atoms with Crippen molar-refractivity contribution in [1.29, 1.82) is 0 Å². The molecule has 0 aliphatic rings. The smallest absolute Gasteiger partial charge is 0.306 e. The van der Waals surface area contributed by atoms with Crippen molar-refractivity contribution >= 4 is 17.9 Å². The number of ether oxygens (including phenoxy) is 3. The quantitative estimate of drug-likeness (QED) is 0.0345. The van der Waals surface area contributed by atoms with Gasteiger partial charge in [-0.3, -0.25) is 14.4 Å². The first kappa shape index (κ1) is 58.4. The Hall–Kier alpha value is -1.59. The van der Waals surface area contributed by atoms with E-state index in [2.05, 4.69) is 34.6 Å². The predicted octanol–water partition coefficient (Wildman–Crippen LogP) is 17.3. The Labute approximate surface area is 374 Å². The maximum Gasteiger partial charge on any atom is 0.306 e. The summed E-state index contributed by atoms with van der Waals surface area (Å²) in [6.45, 7) is 11.4. The molecule has 6 nitrogen and oxygen atoms in total. The minimum Gasteiger partial charge on any atom is -0.462 e. The van der Waals surface area contributed by atoms with Crippen LogP contribution in [0.3, 0.4) is 0 Å². The van der Waals surface area contributed by atoms with Crippen LogP contribution in [0.2, 0.25) is 0 Å². The molecule has 0 saturated heterocycles. The molecule has 0 rings (SSSR count). The molecule has 0 aromatic rings. The highest BCUT2D eigenvalue weighted by atomic mass is 16.6. The molecule has 0 fully saturated rings. The highest BCUT2D eigenvalue weighted by Gasteiger charge is 2.19. The SMILES string of the molecule is CCCCCCCCCCCCCC(=O)OC[C@@H](COC(=O)CCCCCCCCCCCCCCC(C)C)OC(=O)CCCCCCCCCCCCCCCC(C)C. The lowest BCUT2D eigenvalue weighted by Crippen LogP contribution is -2.30. The molecule has 0 aliphatic carbocycles. The molecule has 0 saturated carbocycles. The molecule has 0 bridgehead atoms. The summed E-state index contributed by atoms with van der Waals surface area (Å²) in [5, 5.41) is 0. The number of hydrogen-bond acceptors (Lipinski definition) is 6. The van der Waals surface area contributed by atoms with Crippen molar-refractivity contribution in [2.24, 2.45) is 11.8 Å². The Kier molecular flexibility index (Phi) is 45.7. The Morgan fingerprint density at radius 3 is 0.817 bits per heavy atom. The minimum absolute atomic E-state index is 0.0633. The van der Waals surface area contributed by atoms with Crippen molar-refractivity contribution in [3.05, 3.63) is 0 Å². The van der Waals surface area contributed by atoms with E-state index in [0.717, 1.165) is 69.6 Å². The van der Waals surface area contributed by atoms with Gasteiger partial charge in [-0.1, -0.05) is 259 Å². The fraction of sp³-hybridized carbons (Fsp3) is 0.944. The normalized spacial score (nSPS) is 12.1. The van der Waals surface area contributed by atoms with Gasteiger partial charge >= 0.3 is 17.9 Å². The van der Waals surface area contributed by atoms with Crippen molar-refractivity contribution in [2.45, 2.75) is 304 Å². The summed E-state index contributed by atoms with van der Waals surface area (Å²) in [6, 6.07) is 0. The van der Waals surface area contributed by atoms with Crippen molar-refractivity contribution in [2.75, 3.05) is 13.2 Å². The summed E-state index contributed by atoms with van der Waals surface area (Å²) in [7, 11) is 0. The lowest BCUT2D eigenvalue weighted by Gasteiger charge is -2.18. The topological polar surface area (TPSA) is 78.9 Å². The molecule has 60 heavy (non-hydrogen) atoms. The maximum absolute atomic E-state index is 12.8. The Balaban J connectivity index is 4.30. The second-order valence-corrected chi connectivity index (χ2v) is 19.5. The van der Waals surface area contributed by atoms with Crippen LogP contribution in [-0.2, 0) is 28.6 Å². The third kappa shape index (κ3) is 47.5. The van der Waals surface area contributed by atoms with Crippen molar-refractivity contribution in [3.63, 3.8) is 0 Å². The van der Waals surface area contributed by atoms with Gasteiger partial charge in [0, 0.05) is 19.3 Å². The molecule has 356 valence electrons. The number of unbranched alkanes of at least 4 members (excludes halogenated alkanes) is 33. The summed E-state index contributed by atoms with van der Waals surface area (Å²) >= 11 is 0. The highest BCUT2D eigenvalue weighted by molar-refractivity contribution is 5.71. The molecular formula is C54H104O6. The molecule has 0 spiro atoms. The fourth-order valence-electron chi connectivity index (χ4n) is 8.17. The first-order valence-electron chi connectivity index (χ1n) is 26.7. The Bertz CT molecular complexity index is 916. The summed E-state index contributed by atoms with van der Waals surface area (Å²) < 4.78 is 16.8. The van der Waals surface area contributed by atoms with Crippen LogP contribution < -0.4 is 0 Å². The van der Waals surface area contributed by atoms with Gasteiger partial charge in [-0.15, -0.1) is 0 Å². The number of hydrogen-bond donors (Lipinski definition) is 0. The largest absolute Gasteiger partial charge is 0.462 e. The molecule has 0 heterocycles. The molecule has 0 unspecified atom stereocenters. The van der Waals surface area contributed by atoms with Crippen LogP contribution in [0.4, 0.5) is 0 Å².